The molecule has 4 aromatic carbocycles. The summed E-state index contributed by atoms with van der Waals surface area (Å²) in [4.78, 5) is 14.1. The number of hydrogen-bond donors (Lipinski definition) is 1. The normalized spacial score (nSPS) is 13.7. The fourth-order valence-corrected chi connectivity index (χ4v) is 9.54. The van der Waals surface area contributed by atoms with E-state index in [4.69, 9.17) is 9.72 Å². The van der Waals surface area contributed by atoms with Gasteiger partial charge in [-0.25, -0.2) is 4.98 Å². The second-order valence-corrected chi connectivity index (χ2v) is 15.3. The topological polar surface area (TPSA) is 73.6 Å². The number of alkyl halides is 5. The quantitative estimate of drug-likeness (QED) is 0.0545. The number of aromatic nitrogens is 2. The number of rotatable bonds is 13. The van der Waals surface area contributed by atoms with Gasteiger partial charge in [0.2, 0.25) is 0 Å². The van der Waals surface area contributed by atoms with Crippen molar-refractivity contribution in [3.8, 4) is 17.0 Å². The largest absolute Gasteiger partial charge is 0.492 e. The second kappa shape index (κ2) is 14.6. The summed E-state index contributed by atoms with van der Waals surface area (Å²) in [6.45, 7) is 0.534. The van der Waals surface area contributed by atoms with E-state index < -0.39 is 42.9 Å². The molecule has 0 saturated heterocycles. The van der Waals surface area contributed by atoms with Gasteiger partial charge >= 0.3 is 19.4 Å². The first-order valence-corrected chi connectivity index (χ1v) is 19.0. The lowest BCUT2D eigenvalue weighted by molar-refractivity contribution is -0.136. The van der Waals surface area contributed by atoms with Crippen LogP contribution in [0.4, 0.5) is 22.0 Å². The average Bonchev–Trinajstić information content (AvgIpc) is 3.74. The molecule has 6 nitrogen and oxygen atoms in total. The van der Waals surface area contributed by atoms with Gasteiger partial charge in [0, 0.05) is 28.0 Å². The SMILES string of the molecule is CCOP(=O)(O)C(F)(F)c1sc2c(OCCCC(F)(F)F)cc(-c3cn(C(c4ccccc4)(c4ccccc4)c4ccccc4)cn3)cc2c1Br. The van der Waals surface area contributed by atoms with Gasteiger partial charge in [0.1, 0.15) is 16.2 Å². The van der Waals surface area contributed by atoms with Crippen LogP contribution in [0.15, 0.2) is 120 Å². The molecule has 0 bridgehead atoms. The zero-order chi connectivity index (χ0) is 36.4. The van der Waals surface area contributed by atoms with Crippen molar-refractivity contribution in [2.75, 3.05) is 13.2 Å². The Kier molecular flexibility index (Phi) is 10.6. The van der Waals surface area contributed by atoms with Crippen LogP contribution in [0, 0.1) is 0 Å². The van der Waals surface area contributed by atoms with Gasteiger partial charge in [-0.15, -0.1) is 11.3 Å². The number of imidazole rings is 1. The number of hydrogen-bond acceptors (Lipinski definition) is 5. The Bertz CT molecular complexity index is 2070. The molecule has 2 aromatic heterocycles. The number of thiophene rings is 1. The van der Waals surface area contributed by atoms with Crippen LogP contribution in [-0.4, -0.2) is 33.8 Å². The molecule has 6 rings (SSSR count). The Morgan fingerprint density at radius 2 is 1.43 bits per heavy atom. The standard InChI is InChI=1S/C37H31BrF5N2O4PS/c1-2-49-50(46,47)37(42,43)34-32(38)29-21-25(22-31(33(29)51-34)48-20-12-19-35(39,40)41)30-23-45(24-44-30)36(26-13-6-3-7-14-26,27-15-8-4-9-16-27)28-17-10-5-11-18-28/h3-11,13-18,21-24H,2,12,19-20H2,1H3,(H,46,47). The number of nitrogens with zero attached hydrogens (tertiary/aromatic N) is 2. The van der Waals surface area contributed by atoms with Gasteiger partial charge in [-0.1, -0.05) is 91.0 Å². The highest BCUT2D eigenvalue weighted by molar-refractivity contribution is 9.10. The molecule has 0 saturated carbocycles. The highest BCUT2D eigenvalue weighted by Crippen LogP contribution is 2.66. The van der Waals surface area contributed by atoms with Crippen molar-refractivity contribution in [3.05, 3.63) is 142 Å². The number of fused-ring (bicyclic) bond motifs is 1. The van der Waals surface area contributed by atoms with Crippen molar-refractivity contribution in [2.24, 2.45) is 0 Å². The Labute approximate surface area is 303 Å². The molecule has 0 aliphatic rings. The van der Waals surface area contributed by atoms with Crippen LogP contribution in [0.1, 0.15) is 41.3 Å². The van der Waals surface area contributed by atoms with Crippen LogP contribution < -0.4 is 4.74 Å². The van der Waals surface area contributed by atoms with E-state index in [-0.39, 0.29) is 33.3 Å². The zero-order valence-electron chi connectivity index (χ0n) is 27.0. The van der Waals surface area contributed by atoms with E-state index in [1.165, 1.54) is 13.0 Å². The van der Waals surface area contributed by atoms with Gasteiger partial charge in [-0.3, -0.25) is 4.57 Å². The van der Waals surface area contributed by atoms with Crippen molar-refractivity contribution in [1.82, 2.24) is 9.55 Å². The zero-order valence-corrected chi connectivity index (χ0v) is 30.3. The molecule has 51 heavy (non-hydrogen) atoms. The summed E-state index contributed by atoms with van der Waals surface area (Å²) in [7, 11) is -5.47. The lowest BCUT2D eigenvalue weighted by Crippen LogP contribution is -2.36. The van der Waals surface area contributed by atoms with Crippen molar-refractivity contribution in [2.45, 2.75) is 37.1 Å². The Hall–Kier alpha value is -3.87. The van der Waals surface area contributed by atoms with E-state index in [0.717, 1.165) is 16.7 Å². The summed E-state index contributed by atoms with van der Waals surface area (Å²) in [5, 5.41) is 0.199. The minimum atomic E-state index is -5.47. The number of ether oxygens (including phenoxy) is 1. The molecule has 1 N–H and O–H groups in total. The van der Waals surface area contributed by atoms with E-state index in [9.17, 15) is 22.6 Å². The molecule has 0 spiro atoms. The van der Waals surface area contributed by atoms with Crippen molar-refractivity contribution < 1.29 is 40.7 Å². The molecule has 6 aromatic rings. The minimum Gasteiger partial charge on any atom is -0.492 e. The molecule has 2 heterocycles. The summed E-state index contributed by atoms with van der Waals surface area (Å²) in [6, 6.07) is 32.7. The van der Waals surface area contributed by atoms with Gasteiger partial charge in [-0.2, -0.15) is 22.0 Å². The molecule has 0 radical (unpaired) electrons. The third-order valence-corrected chi connectivity index (χ3v) is 12.4. The van der Waals surface area contributed by atoms with Crippen LogP contribution in [0.3, 0.4) is 0 Å². The maximum atomic E-state index is 15.6. The first-order valence-electron chi connectivity index (χ1n) is 15.8. The molecule has 266 valence electrons. The van der Waals surface area contributed by atoms with Crippen LogP contribution in [0.2, 0.25) is 0 Å². The van der Waals surface area contributed by atoms with Gasteiger partial charge in [0.25, 0.3) is 0 Å². The summed E-state index contributed by atoms with van der Waals surface area (Å²) in [5.74, 6) is 0.0246. The highest BCUT2D eigenvalue weighted by atomic mass is 79.9. The van der Waals surface area contributed by atoms with Crippen molar-refractivity contribution in [3.63, 3.8) is 0 Å². The molecule has 0 fully saturated rings. The van der Waals surface area contributed by atoms with Gasteiger partial charge in [0.15, 0.2) is 0 Å². The summed E-state index contributed by atoms with van der Waals surface area (Å²) in [5.41, 5.74) is -1.57. The Morgan fingerprint density at radius 1 is 0.882 bits per heavy atom. The lowest BCUT2D eigenvalue weighted by atomic mass is 9.77. The molecule has 1 atom stereocenters. The average molecular weight is 806 g/mol. The third-order valence-electron chi connectivity index (χ3n) is 8.33. The van der Waals surface area contributed by atoms with E-state index in [1.54, 1.807) is 12.4 Å². The molecule has 14 heteroatoms. The maximum absolute atomic E-state index is 15.6. The number of benzene rings is 4. The van der Waals surface area contributed by atoms with Crippen LogP contribution in [-0.2, 0) is 20.3 Å². The van der Waals surface area contributed by atoms with Gasteiger partial charge in [0.05, 0.1) is 29.9 Å². The maximum Gasteiger partial charge on any atom is 0.402 e. The van der Waals surface area contributed by atoms with Crippen molar-refractivity contribution >= 4 is 44.9 Å². The molecule has 0 amide bonds. The summed E-state index contributed by atoms with van der Waals surface area (Å²) >= 11 is 3.72. The first-order chi connectivity index (χ1) is 24.3. The monoisotopic (exact) mass is 804 g/mol. The van der Waals surface area contributed by atoms with Gasteiger partial charge in [-0.05, 0) is 58.1 Å². The summed E-state index contributed by atoms with van der Waals surface area (Å²) in [6.07, 6.45) is -2.39. The predicted molar refractivity (Wildman–Crippen MR) is 191 cm³/mol. The number of halogens is 6. The minimum absolute atomic E-state index is 0.0246. The second-order valence-electron chi connectivity index (χ2n) is 11.6. The van der Waals surface area contributed by atoms with E-state index in [1.807, 2.05) is 102 Å². The Balaban J connectivity index is 1.54. The lowest BCUT2D eigenvalue weighted by Gasteiger charge is -2.37. The molecule has 0 aliphatic carbocycles. The molecular weight excluding hydrogens is 774 g/mol. The van der Waals surface area contributed by atoms with E-state index in [2.05, 4.69) is 20.5 Å². The fourth-order valence-electron chi connectivity index (χ4n) is 6.07. The van der Waals surface area contributed by atoms with Gasteiger partial charge < -0.3 is 18.7 Å². The van der Waals surface area contributed by atoms with Crippen molar-refractivity contribution in [1.29, 1.82) is 0 Å². The third kappa shape index (κ3) is 7.15. The molecule has 1 unspecified atom stereocenters. The van der Waals surface area contributed by atoms with Crippen LogP contribution in [0.25, 0.3) is 21.3 Å². The Morgan fingerprint density at radius 3 is 1.94 bits per heavy atom. The van der Waals surface area contributed by atoms with E-state index in [0.29, 0.717) is 22.6 Å². The first kappa shape index (κ1) is 36.9. The van der Waals surface area contributed by atoms with E-state index >= 15 is 8.78 Å². The summed E-state index contributed by atoms with van der Waals surface area (Å²) < 4.78 is 94.9. The fraction of sp³-hybridized carbons (Fsp3) is 0.216. The predicted octanol–water partition coefficient (Wildman–Crippen LogP) is 11.4. The highest BCUT2D eigenvalue weighted by Gasteiger charge is 2.55. The van der Waals surface area contributed by atoms with Crippen LogP contribution >= 0.6 is 34.9 Å². The molecular formula is C37H31BrF5N2O4PS. The smallest absolute Gasteiger partial charge is 0.402 e. The van der Waals surface area contributed by atoms with Crippen LogP contribution in [0.5, 0.6) is 5.75 Å². The molecule has 0 aliphatic heterocycles.